The number of hydrogen-bond donors (Lipinski definition) is 4. The monoisotopic (exact) mass is 430 g/mol. The second kappa shape index (κ2) is 10.1. The van der Waals surface area contributed by atoms with Crippen LogP contribution in [0, 0.1) is 5.92 Å². The second-order valence-corrected chi connectivity index (χ2v) is 8.31. The van der Waals surface area contributed by atoms with Crippen molar-refractivity contribution in [3.8, 4) is 5.75 Å². The van der Waals surface area contributed by atoms with E-state index in [4.69, 9.17) is 4.74 Å². The highest BCUT2D eigenvalue weighted by Gasteiger charge is 2.20. The molecule has 1 atom stereocenters. The van der Waals surface area contributed by atoms with Gasteiger partial charge >= 0.3 is 6.03 Å². The summed E-state index contributed by atoms with van der Waals surface area (Å²) in [5.41, 5.74) is 6.46. The molecular weight excluding hydrogens is 404 g/mol. The number of aryl methyl sites for hydroxylation is 1. The molecule has 1 aromatic carbocycles. The molecule has 1 aromatic heterocycles. The van der Waals surface area contributed by atoms with Crippen LogP contribution in [0.25, 0.3) is 0 Å². The number of anilines is 1. The van der Waals surface area contributed by atoms with Crippen molar-refractivity contribution in [3.63, 3.8) is 0 Å². The van der Waals surface area contributed by atoms with Crippen LogP contribution in [0.5, 0.6) is 5.75 Å². The van der Waals surface area contributed by atoms with Crippen molar-refractivity contribution in [2.45, 2.75) is 33.1 Å². The van der Waals surface area contributed by atoms with Crippen LogP contribution in [0.1, 0.15) is 40.4 Å². The standard InChI is InChI=1S/C21H26N4O4S/c1-3-29-16-7-5-15(6-8-16)23-19(26)12-22-21(28)25-24-20(27)18-11-14-10-13(2)4-9-17(14)30-18/h5-8,11,13H,3-4,9-10,12H2,1-2H3,(H,23,26)(H,24,27)(H2,22,25,28). The van der Waals surface area contributed by atoms with Gasteiger partial charge in [-0.05, 0) is 68.0 Å². The first-order valence-electron chi connectivity index (χ1n) is 9.93. The minimum atomic E-state index is -0.667. The van der Waals surface area contributed by atoms with Gasteiger partial charge in [-0.2, -0.15) is 0 Å². The van der Waals surface area contributed by atoms with Crippen molar-refractivity contribution < 1.29 is 19.1 Å². The highest BCUT2D eigenvalue weighted by atomic mass is 32.1. The first-order valence-corrected chi connectivity index (χ1v) is 10.7. The Balaban J connectivity index is 1.39. The van der Waals surface area contributed by atoms with Crippen LogP contribution in [0.3, 0.4) is 0 Å². The lowest BCUT2D eigenvalue weighted by atomic mass is 9.90. The molecular formula is C21H26N4O4S. The molecule has 1 heterocycles. The van der Waals surface area contributed by atoms with Gasteiger partial charge in [0.2, 0.25) is 5.91 Å². The fourth-order valence-corrected chi connectivity index (χ4v) is 4.31. The molecule has 3 rings (SSSR count). The summed E-state index contributed by atoms with van der Waals surface area (Å²) < 4.78 is 5.34. The van der Waals surface area contributed by atoms with Crippen LogP contribution in [-0.2, 0) is 17.6 Å². The molecule has 1 aliphatic rings. The molecule has 0 saturated carbocycles. The molecule has 9 heteroatoms. The zero-order valence-electron chi connectivity index (χ0n) is 17.0. The predicted molar refractivity (Wildman–Crippen MR) is 116 cm³/mol. The Morgan fingerprint density at radius 2 is 1.93 bits per heavy atom. The second-order valence-electron chi connectivity index (χ2n) is 7.17. The van der Waals surface area contributed by atoms with E-state index in [0.29, 0.717) is 28.8 Å². The normalized spacial score (nSPS) is 14.9. The first kappa shape index (κ1) is 21.6. The van der Waals surface area contributed by atoms with E-state index in [0.717, 1.165) is 19.3 Å². The molecule has 0 fully saturated rings. The number of carbonyl (C=O) groups excluding carboxylic acids is 3. The third-order valence-corrected chi connectivity index (χ3v) is 5.94. The van der Waals surface area contributed by atoms with Crippen LogP contribution in [-0.4, -0.2) is 31.0 Å². The van der Waals surface area contributed by atoms with Crippen LogP contribution < -0.4 is 26.2 Å². The van der Waals surface area contributed by atoms with Crippen molar-refractivity contribution in [2.75, 3.05) is 18.5 Å². The Hall–Kier alpha value is -3.07. The topological polar surface area (TPSA) is 109 Å². The van der Waals surface area contributed by atoms with Gasteiger partial charge in [0.05, 0.1) is 18.0 Å². The summed E-state index contributed by atoms with van der Waals surface area (Å²) in [6.45, 7) is 4.43. The number of fused-ring (bicyclic) bond motifs is 1. The number of rotatable bonds is 6. The van der Waals surface area contributed by atoms with E-state index in [1.54, 1.807) is 24.3 Å². The van der Waals surface area contributed by atoms with Crippen molar-refractivity contribution in [2.24, 2.45) is 5.92 Å². The lowest BCUT2D eigenvalue weighted by Crippen LogP contribution is -2.48. The summed E-state index contributed by atoms with van der Waals surface area (Å²) >= 11 is 1.46. The molecule has 1 aliphatic carbocycles. The van der Waals surface area contributed by atoms with E-state index in [1.807, 2.05) is 13.0 Å². The van der Waals surface area contributed by atoms with Gasteiger partial charge in [0, 0.05) is 10.6 Å². The average Bonchev–Trinajstić information content (AvgIpc) is 3.15. The molecule has 0 radical (unpaired) electrons. The number of amides is 4. The van der Waals surface area contributed by atoms with Gasteiger partial charge in [0.15, 0.2) is 0 Å². The van der Waals surface area contributed by atoms with Gasteiger partial charge in [0.25, 0.3) is 5.91 Å². The molecule has 30 heavy (non-hydrogen) atoms. The van der Waals surface area contributed by atoms with Crippen molar-refractivity contribution >= 4 is 34.9 Å². The van der Waals surface area contributed by atoms with Gasteiger partial charge in [-0.25, -0.2) is 10.2 Å². The third kappa shape index (κ3) is 5.96. The van der Waals surface area contributed by atoms with E-state index in [-0.39, 0.29) is 18.4 Å². The minimum Gasteiger partial charge on any atom is -0.494 e. The molecule has 8 nitrogen and oxygen atoms in total. The lowest BCUT2D eigenvalue weighted by Gasteiger charge is -2.16. The van der Waals surface area contributed by atoms with Crippen LogP contribution in [0.4, 0.5) is 10.5 Å². The fraction of sp³-hybridized carbons (Fsp3) is 0.381. The van der Waals surface area contributed by atoms with Gasteiger partial charge < -0.3 is 15.4 Å². The number of nitrogens with one attached hydrogen (secondary N) is 4. The Kier molecular flexibility index (Phi) is 7.29. The predicted octanol–water partition coefficient (Wildman–Crippen LogP) is 2.85. The zero-order chi connectivity index (χ0) is 21.5. The molecule has 0 bridgehead atoms. The summed E-state index contributed by atoms with van der Waals surface area (Å²) in [5, 5.41) is 5.06. The highest BCUT2D eigenvalue weighted by molar-refractivity contribution is 7.14. The number of ether oxygens (including phenoxy) is 1. The quantitative estimate of drug-likeness (QED) is 0.529. The van der Waals surface area contributed by atoms with E-state index in [9.17, 15) is 14.4 Å². The number of thiophene rings is 1. The molecule has 0 aliphatic heterocycles. The maximum absolute atomic E-state index is 12.3. The summed E-state index contributed by atoms with van der Waals surface area (Å²) in [7, 11) is 0. The summed E-state index contributed by atoms with van der Waals surface area (Å²) in [6, 6.07) is 8.15. The highest BCUT2D eigenvalue weighted by Crippen LogP contribution is 2.32. The van der Waals surface area contributed by atoms with Gasteiger partial charge in [-0.1, -0.05) is 6.92 Å². The SMILES string of the molecule is CCOc1ccc(NC(=O)CNC(=O)NNC(=O)c2cc3c(s2)CCC(C)C3)cc1. The van der Waals surface area contributed by atoms with E-state index >= 15 is 0 Å². The molecule has 1 unspecified atom stereocenters. The minimum absolute atomic E-state index is 0.236. The molecule has 0 saturated heterocycles. The molecule has 4 N–H and O–H groups in total. The van der Waals surface area contributed by atoms with Crippen molar-refractivity contribution in [3.05, 3.63) is 45.6 Å². The fourth-order valence-electron chi connectivity index (χ4n) is 3.20. The Morgan fingerprint density at radius 3 is 2.67 bits per heavy atom. The number of urea groups is 1. The largest absolute Gasteiger partial charge is 0.494 e. The maximum atomic E-state index is 12.3. The Morgan fingerprint density at radius 1 is 1.17 bits per heavy atom. The summed E-state index contributed by atoms with van der Waals surface area (Å²) in [6.07, 6.45) is 3.11. The van der Waals surface area contributed by atoms with Gasteiger partial charge in [0.1, 0.15) is 5.75 Å². The smallest absolute Gasteiger partial charge is 0.333 e. The first-order chi connectivity index (χ1) is 14.4. The number of benzene rings is 1. The van der Waals surface area contributed by atoms with Crippen LogP contribution in [0.2, 0.25) is 0 Å². The molecule has 2 aromatic rings. The lowest BCUT2D eigenvalue weighted by molar-refractivity contribution is -0.115. The zero-order valence-corrected chi connectivity index (χ0v) is 17.9. The molecule has 160 valence electrons. The summed E-state index contributed by atoms with van der Waals surface area (Å²) in [4.78, 5) is 37.9. The van der Waals surface area contributed by atoms with Gasteiger partial charge in [-0.15, -0.1) is 11.3 Å². The van der Waals surface area contributed by atoms with Crippen molar-refractivity contribution in [1.29, 1.82) is 0 Å². The Labute approximate surface area is 179 Å². The average molecular weight is 431 g/mol. The van der Waals surface area contributed by atoms with Gasteiger partial charge in [-0.3, -0.25) is 15.0 Å². The van der Waals surface area contributed by atoms with E-state index < -0.39 is 6.03 Å². The van der Waals surface area contributed by atoms with E-state index in [2.05, 4.69) is 28.4 Å². The molecule has 4 amide bonds. The van der Waals surface area contributed by atoms with Crippen molar-refractivity contribution in [1.82, 2.24) is 16.2 Å². The van der Waals surface area contributed by atoms with Crippen LogP contribution in [0.15, 0.2) is 30.3 Å². The molecule has 0 spiro atoms. The third-order valence-electron chi connectivity index (χ3n) is 4.70. The Bertz CT molecular complexity index is 910. The van der Waals surface area contributed by atoms with E-state index in [1.165, 1.54) is 21.8 Å². The van der Waals surface area contributed by atoms with Crippen LogP contribution >= 0.6 is 11.3 Å². The summed E-state index contributed by atoms with van der Waals surface area (Å²) in [5.74, 6) is 0.585. The number of hydrogen-bond acceptors (Lipinski definition) is 5. The maximum Gasteiger partial charge on any atom is 0.333 e. The number of carbonyl (C=O) groups is 3. The number of hydrazine groups is 1.